The Bertz CT molecular complexity index is 603. The molecule has 0 aromatic rings. The topological polar surface area (TPSA) is 38.8 Å². The van der Waals surface area contributed by atoms with Crippen LogP contribution in [-0.2, 0) is 14.3 Å². The van der Waals surface area contributed by atoms with Gasteiger partial charge in [-0.1, -0.05) is 45.1 Å². The van der Waals surface area contributed by atoms with Crippen molar-refractivity contribution in [2.24, 2.45) is 5.92 Å². The second-order valence-electron chi connectivity index (χ2n) is 11.9. The summed E-state index contributed by atoms with van der Waals surface area (Å²) in [4.78, 5) is 14.8. The predicted molar refractivity (Wildman–Crippen MR) is 139 cm³/mol. The van der Waals surface area contributed by atoms with E-state index in [0.29, 0.717) is 11.7 Å². The van der Waals surface area contributed by atoms with Gasteiger partial charge in [0.1, 0.15) is 6.10 Å². The largest absolute Gasteiger partial charge is 0.459 e. The van der Waals surface area contributed by atoms with Crippen LogP contribution in [0.15, 0.2) is 12.2 Å². The third-order valence-electron chi connectivity index (χ3n) is 9.35. The van der Waals surface area contributed by atoms with Crippen molar-refractivity contribution in [3.63, 3.8) is 0 Å². The molecule has 0 aromatic carbocycles. The molecule has 4 fully saturated rings. The molecule has 0 N–H and O–H groups in total. The lowest BCUT2D eigenvalue weighted by atomic mass is 9.83. The van der Waals surface area contributed by atoms with Gasteiger partial charge in [-0.15, -0.1) is 0 Å². The zero-order valence-corrected chi connectivity index (χ0v) is 22.0. The SMILES string of the molecule is C=C(C)C(=O)OC1CCC(CCOC2CCC(N(C3CCCCC3)C3CCCCC3)CC2)CC1. The molecule has 4 heteroatoms. The summed E-state index contributed by atoms with van der Waals surface area (Å²) < 4.78 is 12.0. The van der Waals surface area contributed by atoms with Gasteiger partial charge in [-0.2, -0.15) is 0 Å². The van der Waals surface area contributed by atoms with E-state index in [-0.39, 0.29) is 12.1 Å². The molecule has 4 aliphatic rings. The van der Waals surface area contributed by atoms with Gasteiger partial charge in [-0.25, -0.2) is 4.79 Å². The van der Waals surface area contributed by atoms with E-state index in [9.17, 15) is 4.79 Å². The van der Waals surface area contributed by atoms with Gasteiger partial charge in [0.15, 0.2) is 0 Å². The molecular formula is C30H51NO3. The molecule has 0 spiro atoms. The fourth-order valence-electron chi connectivity index (χ4n) is 7.35. The average molecular weight is 474 g/mol. The van der Waals surface area contributed by atoms with Crippen LogP contribution in [-0.4, -0.2) is 47.8 Å². The molecule has 0 atom stereocenters. The van der Waals surface area contributed by atoms with Crippen molar-refractivity contribution in [3.05, 3.63) is 12.2 Å². The summed E-state index contributed by atoms with van der Waals surface area (Å²) in [7, 11) is 0. The maximum absolute atomic E-state index is 11.7. The zero-order chi connectivity index (χ0) is 23.8. The maximum atomic E-state index is 11.7. The minimum absolute atomic E-state index is 0.0907. The van der Waals surface area contributed by atoms with Gasteiger partial charge < -0.3 is 9.47 Å². The number of carbonyl (C=O) groups is 1. The van der Waals surface area contributed by atoms with E-state index < -0.39 is 0 Å². The van der Waals surface area contributed by atoms with Crippen LogP contribution >= 0.6 is 0 Å². The number of esters is 1. The van der Waals surface area contributed by atoms with Crippen LogP contribution in [0.25, 0.3) is 0 Å². The van der Waals surface area contributed by atoms with Crippen LogP contribution in [0.3, 0.4) is 0 Å². The number of carbonyl (C=O) groups excluding carboxylic acids is 1. The monoisotopic (exact) mass is 473 g/mol. The molecule has 4 nitrogen and oxygen atoms in total. The Balaban J connectivity index is 1.15. The lowest BCUT2D eigenvalue weighted by molar-refractivity contribution is -0.146. The molecule has 34 heavy (non-hydrogen) atoms. The molecule has 194 valence electrons. The summed E-state index contributed by atoms with van der Waals surface area (Å²) in [5.74, 6) is 0.497. The molecule has 0 aliphatic heterocycles. The quantitative estimate of drug-likeness (QED) is 0.259. The first-order valence-electron chi connectivity index (χ1n) is 14.9. The summed E-state index contributed by atoms with van der Waals surface area (Å²) in [6.07, 6.45) is 25.7. The Labute approximate surface area is 209 Å². The Kier molecular flexibility index (Phi) is 10.4. The van der Waals surface area contributed by atoms with Crippen molar-refractivity contribution < 1.29 is 14.3 Å². The van der Waals surface area contributed by atoms with Crippen LogP contribution in [0.5, 0.6) is 0 Å². The molecule has 4 rings (SSSR count). The van der Waals surface area contributed by atoms with Gasteiger partial charge in [-0.05, 0) is 96.3 Å². The zero-order valence-electron chi connectivity index (χ0n) is 22.0. The summed E-state index contributed by atoms with van der Waals surface area (Å²) in [5, 5.41) is 0. The molecular weight excluding hydrogens is 422 g/mol. The lowest BCUT2D eigenvalue weighted by Crippen LogP contribution is -2.52. The second-order valence-corrected chi connectivity index (χ2v) is 11.9. The first-order chi connectivity index (χ1) is 16.6. The van der Waals surface area contributed by atoms with Crippen molar-refractivity contribution in [2.45, 2.75) is 159 Å². The fraction of sp³-hybridized carbons (Fsp3) is 0.900. The van der Waals surface area contributed by atoms with Crippen LogP contribution < -0.4 is 0 Å². The molecule has 0 bridgehead atoms. The van der Waals surface area contributed by atoms with E-state index in [1.54, 1.807) is 6.92 Å². The smallest absolute Gasteiger partial charge is 0.333 e. The number of hydrogen-bond donors (Lipinski definition) is 0. The highest BCUT2D eigenvalue weighted by Crippen LogP contribution is 2.37. The molecule has 0 unspecified atom stereocenters. The third-order valence-corrected chi connectivity index (χ3v) is 9.35. The summed E-state index contributed by atoms with van der Waals surface area (Å²) in [5.41, 5.74) is 0.505. The first kappa shape index (κ1) is 26.2. The fourth-order valence-corrected chi connectivity index (χ4v) is 7.35. The Morgan fingerprint density at radius 3 is 1.74 bits per heavy atom. The Morgan fingerprint density at radius 1 is 0.706 bits per heavy atom. The minimum atomic E-state index is -0.229. The van der Waals surface area contributed by atoms with Crippen molar-refractivity contribution >= 4 is 5.97 Å². The minimum Gasteiger partial charge on any atom is -0.459 e. The molecule has 0 aromatic heterocycles. The molecule has 4 saturated carbocycles. The number of nitrogens with zero attached hydrogens (tertiary/aromatic N) is 1. The predicted octanol–water partition coefficient (Wildman–Crippen LogP) is 7.35. The summed E-state index contributed by atoms with van der Waals surface area (Å²) in [6.45, 7) is 6.32. The van der Waals surface area contributed by atoms with Crippen molar-refractivity contribution in [1.82, 2.24) is 4.90 Å². The molecule has 0 heterocycles. The van der Waals surface area contributed by atoms with Gasteiger partial charge >= 0.3 is 5.97 Å². The van der Waals surface area contributed by atoms with Crippen molar-refractivity contribution in [2.75, 3.05) is 6.61 Å². The van der Waals surface area contributed by atoms with Gasteiger partial charge in [0.2, 0.25) is 0 Å². The normalized spacial score (nSPS) is 31.9. The van der Waals surface area contributed by atoms with Crippen LogP contribution in [0.1, 0.15) is 129 Å². The highest BCUT2D eigenvalue weighted by Gasteiger charge is 2.36. The van der Waals surface area contributed by atoms with Crippen LogP contribution in [0.4, 0.5) is 0 Å². The highest BCUT2D eigenvalue weighted by atomic mass is 16.5. The van der Waals surface area contributed by atoms with E-state index in [1.165, 1.54) is 89.9 Å². The van der Waals surface area contributed by atoms with E-state index in [2.05, 4.69) is 11.5 Å². The van der Waals surface area contributed by atoms with Crippen molar-refractivity contribution in [1.29, 1.82) is 0 Å². The Morgan fingerprint density at radius 2 is 1.21 bits per heavy atom. The third kappa shape index (κ3) is 7.56. The molecule has 0 saturated heterocycles. The lowest BCUT2D eigenvalue weighted by Gasteiger charge is -2.48. The van der Waals surface area contributed by atoms with Gasteiger partial charge in [0.05, 0.1) is 6.10 Å². The van der Waals surface area contributed by atoms with E-state index in [0.717, 1.165) is 62.8 Å². The van der Waals surface area contributed by atoms with Crippen molar-refractivity contribution in [3.8, 4) is 0 Å². The van der Waals surface area contributed by atoms with Gasteiger partial charge in [0, 0.05) is 30.3 Å². The van der Waals surface area contributed by atoms with Crippen LogP contribution in [0.2, 0.25) is 0 Å². The van der Waals surface area contributed by atoms with Crippen LogP contribution in [0, 0.1) is 5.92 Å². The Hall–Kier alpha value is -0.870. The maximum Gasteiger partial charge on any atom is 0.333 e. The molecule has 4 aliphatic carbocycles. The first-order valence-corrected chi connectivity index (χ1v) is 14.9. The second kappa shape index (κ2) is 13.4. The summed E-state index contributed by atoms with van der Waals surface area (Å²) >= 11 is 0. The number of hydrogen-bond acceptors (Lipinski definition) is 4. The molecule has 0 radical (unpaired) electrons. The van der Waals surface area contributed by atoms with Gasteiger partial charge in [-0.3, -0.25) is 4.90 Å². The van der Waals surface area contributed by atoms with Gasteiger partial charge in [0.25, 0.3) is 0 Å². The van der Waals surface area contributed by atoms with E-state index >= 15 is 0 Å². The summed E-state index contributed by atoms with van der Waals surface area (Å²) in [6, 6.07) is 2.54. The molecule has 0 amide bonds. The standard InChI is InChI=1S/C30H51NO3/c1-23(2)30(32)34-29-17-13-24(14-18-29)21-22-33-28-19-15-27(16-20-28)31(25-9-5-3-6-10-25)26-11-7-4-8-12-26/h24-29H,1,3-22H2,2H3. The number of ether oxygens (including phenoxy) is 2. The number of rotatable bonds is 9. The average Bonchev–Trinajstić information content (AvgIpc) is 2.87. The highest BCUT2D eigenvalue weighted by molar-refractivity contribution is 5.87. The van der Waals surface area contributed by atoms with E-state index in [4.69, 9.17) is 9.47 Å². The van der Waals surface area contributed by atoms with E-state index in [1.807, 2.05) is 0 Å².